The Kier molecular flexibility index (Phi) is 11.4. The van der Waals surface area contributed by atoms with Gasteiger partial charge in [0.05, 0.1) is 34.0 Å². The van der Waals surface area contributed by atoms with E-state index in [1.165, 1.54) is 21.1 Å². The molecule has 0 radical (unpaired) electrons. The number of ether oxygens (including phenoxy) is 6. The molecule has 0 saturated carbocycles. The number of aliphatic hydroxyl groups is 1. The Morgan fingerprint density at radius 2 is 1.52 bits per heavy atom. The fourth-order valence-electron chi connectivity index (χ4n) is 4.73. The maximum atomic E-state index is 13.0. The van der Waals surface area contributed by atoms with E-state index < -0.39 is 53.7 Å². The van der Waals surface area contributed by atoms with Crippen LogP contribution in [-0.2, 0) is 56.0 Å². The van der Waals surface area contributed by atoms with Crippen LogP contribution in [0.4, 0.5) is 0 Å². The van der Waals surface area contributed by atoms with Gasteiger partial charge in [-0.15, -0.1) is 11.8 Å². The molecular weight excluding hydrogens is 566 g/mol. The van der Waals surface area contributed by atoms with Crippen LogP contribution in [0.15, 0.2) is 71.3 Å². The average Bonchev–Trinajstić information content (AvgIpc) is 3.01. The Morgan fingerprint density at radius 3 is 2.05 bits per heavy atom. The summed E-state index contributed by atoms with van der Waals surface area (Å²) in [7, 11) is 2.43. The highest BCUT2D eigenvalue weighted by molar-refractivity contribution is 8.04. The lowest BCUT2D eigenvalue weighted by Gasteiger charge is -2.47. The smallest absolute Gasteiger partial charge is 0.347 e. The highest BCUT2D eigenvalue weighted by atomic mass is 32.2. The van der Waals surface area contributed by atoms with Crippen LogP contribution < -0.4 is 5.32 Å². The van der Waals surface area contributed by atoms with Gasteiger partial charge in [-0.1, -0.05) is 60.7 Å². The molecule has 1 amide bonds. The molecule has 1 fully saturated rings. The minimum Gasteiger partial charge on any atom is -0.467 e. The van der Waals surface area contributed by atoms with Crippen LogP contribution in [-0.4, -0.2) is 79.7 Å². The van der Waals surface area contributed by atoms with E-state index in [0.717, 1.165) is 22.9 Å². The predicted octanol–water partition coefficient (Wildman–Crippen LogP) is 2.46. The first-order chi connectivity index (χ1) is 20.3. The van der Waals surface area contributed by atoms with Crippen molar-refractivity contribution < 1.29 is 47.9 Å². The second-order valence-electron chi connectivity index (χ2n) is 9.67. The number of fused-ring (bicyclic) bond motifs is 1. The van der Waals surface area contributed by atoms with Crippen molar-refractivity contribution in [3.63, 3.8) is 0 Å². The molecule has 0 spiro atoms. The third-order valence-corrected chi connectivity index (χ3v) is 8.12. The number of benzene rings is 2. The van der Waals surface area contributed by atoms with E-state index >= 15 is 0 Å². The molecule has 0 aliphatic carbocycles. The molecule has 6 atom stereocenters. The molecule has 2 aromatic carbocycles. The first-order valence-electron chi connectivity index (χ1n) is 13.4. The molecule has 2 aliphatic heterocycles. The van der Waals surface area contributed by atoms with Crippen LogP contribution in [0.2, 0.25) is 0 Å². The van der Waals surface area contributed by atoms with E-state index in [2.05, 4.69) is 5.32 Å². The fourth-order valence-corrected chi connectivity index (χ4v) is 6.04. The molecule has 2 aromatic rings. The maximum Gasteiger partial charge on any atom is 0.347 e. The number of aliphatic hydroxyl groups excluding tert-OH is 1. The van der Waals surface area contributed by atoms with E-state index in [-0.39, 0.29) is 36.9 Å². The summed E-state index contributed by atoms with van der Waals surface area (Å²) in [5.74, 6) is -1.78. The van der Waals surface area contributed by atoms with Crippen molar-refractivity contribution in [1.29, 1.82) is 0 Å². The van der Waals surface area contributed by atoms with Crippen molar-refractivity contribution in [2.24, 2.45) is 0 Å². The fraction of sp³-hybridized carbons (Fsp3) is 0.433. The van der Waals surface area contributed by atoms with Crippen LogP contribution in [0.1, 0.15) is 24.5 Å². The number of hydrogen-bond acceptors (Lipinski definition) is 11. The first kappa shape index (κ1) is 31.5. The topological polar surface area (TPSA) is 139 Å². The van der Waals surface area contributed by atoms with Crippen molar-refractivity contribution in [1.82, 2.24) is 5.32 Å². The molecule has 2 heterocycles. The van der Waals surface area contributed by atoms with Crippen molar-refractivity contribution in [3.05, 3.63) is 82.5 Å². The van der Waals surface area contributed by atoms with Crippen LogP contribution >= 0.6 is 11.8 Å². The summed E-state index contributed by atoms with van der Waals surface area (Å²) >= 11 is 1.12. The lowest BCUT2D eigenvalue weighted by atomic mass is 10.00. The molecule has 0 aromatic heterocycles. The summed E-state index contributed by atoms with van der Waals surface area (Å²) in [5, 5.41) is 12.2. The molecule has 42 heavy (non-hydrogen) atoms. The van der Waals surface area contributed by atoms with E-state index in [9.17, 15) is 19.5 Å². The number of carbonyl (C=O) groups is 3. The Morgan fingerprint density at radius 1 is 0.929 bits per heavy atom. The highest BCUT2D eigenvalue weighted by Crippen LogP contribution is 2.44. The standard InChI is InChI=1S/C30H35NO10S/c1-18(33)31-21(28(34)36-2)14-22-26(29(35)37-3)42-27-25(39-17-20-12-8-5-9-13-20)24(23(15-32)41-30(27)40-22)38-16-19-10-6-4-7-11-19/h4-13,21,23-25,27,30,32H,14-17H2,1-3H3,(H,31,33)/t21-,23+,24+,25-,27+,30-/m0/s1. The molecule has 4 rings (SSSR count). The van der Waals surface area contributed by atoms with E-state index in [0.29, 0.717) is 0 Å². The van der Waals surface area contributed by atoms with Gasteiger partial charge in [-0.05, 0) is 11.1 Å². The molecule has 1 saturated heterocycles. The minimum atomic E-state index is -1.12. The van der Waals surface area contributed by atoms with Gasteiger partial charge in [-0.25, -0.2) is 9.59 Å². The molecule has 226 valence electrons. The average molecular weight is 602 g/mol. The van der Waals surface area contributed by atoms with E-state index in [1.807, 2.05) is 60.7 Å². The van der Waals surface area contributed by atoms with Gasteiger partial charge in [0, 0.05) is 13.3 Å². The summed E-state index contributed by atoms with van der Waals surface area (Å²) in [5.41, 5.74) is 1.85. The Hall–Kier alpha value is -3.42. The second-order valence-corrected chi connectivity index (χ2v) is 10.9. The minimum absolute atomic E-state index is 0.0828. The van der Waals surface area contributed by atoms with Gasteiger partial charge in [-0.3, -0.25) is 4.79 Å². The van der Waals surface area contributed by atoms with Gasteiger partial charge >= 0.3 is 11.9 Å². The largest absolute Gasteiger partial charge is 0.467 e. The zero-order valence-electron chi connectivity index (χ0n) is 23.6. The van der Waals surface area contributed by atoms with Crippen LogP contribution in [0.25, 0.3) is 0 Å². The Labute approximate surface area is 248 Å². The van der Waals surface area contributed by atoms with Gasteiger partial charge in [0.1, 0.15) is 40.3 Å². The van der Waals surface area contributed by atoms with Crippen molar-refractivity contribution in [3.8, 4) is 0 Å². The van der Waals surface area contributed by atoms with E-state index in [1.54, 1.807) is 0 Å². The predicted molar refractivity (Wildman–Crippen MR) is 152 cm³/mol. The van der Waals surface area contributed by atoms with Crippen molar-refractivity contribution >= 4 is 29.6 Å². The molecule has 0 unspecified atom stereocenters. The molecule has 2 aliphatic rings. The zero-order valence-corrected chi connectivity index (χ0v) is 24.4. The van der Waals surface area contributed by atoms with Crippen LogP contribution in [0, 0.1) is 0 Å². The van der Waals surface area contributed by atoms with Crippen molar-refractivity contribution in [2.45, 2.75) is 62.5 Å². The molecule has 12 heteroatoms. The van der Waals surface area contributed by atoms with Gasteiger partial charge in [0.2, 0.25) is 12.2 Å². The summed E-state index contributed by atoms with van der Waals surface area (Å²) in [6, 6.07) is 18.0. The summed E-state index contributed by atoms with van der Waals surface area (Å²) in [6.07, 6.45) is -3.42. The zero-order chi connectivity index (χ0) is 30.1. The lowest BCUT2D eigenvalue weighted by molar-refractivity contribution is -0.264. The lowest BCUT2D eigenvalue weighted by Crippen LogP contribution is -2.60. The first-order valence-corrected chi connectivity index (χ1v) is 14.3. The number of hydrogen-bond donors (Lipinski definition) is 2. The molecular formula is C30H35NO10S. The van der Waals surface area contributed by atoms with Gasteiger partial charge in [0.15, 0.2) is 0 Å². The maximum absolute atomic E-state index is 13.0. The summed E-state index contributed by atoms with van der Waals surface area (Å²) < 4.78 is 35.0. The SMILES string of the molecule is COC(=O)C1=C(C[C@H](NC(C)=O)C(=O)OC)O[C@H]2O[C@H](CO)[C@@H](OCc3ccccc3)[C@H](OCc3ccccc3)[C@H]2S1. The molecule has 2 N–H and O–H groups in total. The van der Waals surface area contributed by atoms with Gasteiger partial charge in [-0.2, -0.15) is 0 Å². The second kappa shape index (κ2) is 15.2. The quantitative estimate of drug-likeness (QED) is 0.347. The Balaban J connectivity index is 1.66. The third kappa shape index (κ3) is 7.90. The molecule has 0 bridgehead atoms. The Bertz CT molecular complexity index is 1240. The number of thioether (sulfide) groups is 1. The van der Waals surface area contributed by atoms with Crippen LogP contribution in [0.3, 0.4) is 0 Å². The van der Waals surface area contributed by atoms with E-state index in [4.69, 9.17) is 28.4 Å². The number of methoxy groups -OCH3 is 2. The van der Waals surface area contributed by atoms with Gasteiger partial charge in [0.25, 0.3) is 0 Å². The number of carbonyl (C=O) groups excluding carboxylic acids is 3. The monoisotopic (exact) mass is 601 g/mol. The van der Waals surface area contributed by atoms with Gasteiger partial charge < -0.3 is 38.8 Å². The number of rotatable bonds is 12. The number of amides is 1. The normalized spacial score (nSPS) is 24.1. The highest BCUT2D eigenvalue weighted by Gasteiger charge is 2.52. The van der Waals surface area contributed by atoms with Crippen LogP contribution in [0.5, 0.6) is 0 Å². The number of esters is 2. The number of nitrogens with one attached hydrogen (secondary N) is 1. The van der Waals surface area contributed by atoms with Crippen molar-refractivity contribution in [2.75, 3.05) is 20.8 Å². The summed E-state index contributed by atoms with van der Waals surface area (Å²) in [6.45, 7) is 1.34. The molecule has 11 nitrogen and oxygen atoms in total. The summed E-state index contributed by atoms with van der Waals surface area (Å²) in [4.78, 5) is 37.2. The third-order valence-electron chi connectivity index (χ3n) is 6.73.